The molecule has 29 heavy (non-hydrogen) atoms. The van der Waals surface area contributed by atoms with Crippen LogP contribution < -0.4 is 0 Å². The third-order valence-electron chi connectivity index (χ3n) is 5.65. The van der Waals surface area contributed by atoms with Gasteiger partial charge in [0.15, 0.2) is 0 Å². The molecule has 4 rings (SSSR count). The first-order chi connectivity index (χ1) is 14.0. The minimum atomic E-state index is -3.74. The first-order valence-corrected chi connectivity index (χ1v) is 11.2. The Kier molecular flexibility index (Phi) is 5.67. The van der Waals surface area contributed by atoms with Crippen molar-refractivity contribution in [3.8, 4) is 0 Å². The molecule has 1 fully saturated rings. The number of sulfonamides is 1. The Morgan fingerprint density at radius 1 is 0.828 bits per heavy atom. The van der Waals surface area contributed by atoms with E-state index in [9.17, 15) is 17.6 Å². The highest BCUT2D eigenvalue weighted by atomic mass is 32.2. The molecule has 2 heterocycles. The van der Waals surface area contributed by atoms with Gasteiger partial charge in [0, 0.05) is 39.3 Å². The van der Waals surface area contributed by atoms with Crippen molar-refractivity contribution in [2.75, 3.05) is 45.8 Å². The molecule has 0 spiro atoms. The van der Waals surface area contributed by atoms with Gasteiger partial charge in [0.1, 0.15) is 10.7 Å². The van der Waals surface area contributed by atoms with E-state index in [-0.39, 0.29) is 22.8 Å². The zero-order chi connectivity index (χ0) is 20.4. The predicted octanol–water partition coefficient (Wildman–Crippen LogP) is 1.83. The molecule has 0 aromatic heterocycles. The van der Waals surface area contributed by atoms with E-state index in [1.165, 1.54) is 12.1 Å². The van der Waals surface area contributed by atoms with E-state index in [1.807, 2.05) is 12.1 Å². The Morgan fingerprint density at radius 2 is 1.45 bits per heavy atom. The standard InChI is InChI=1S/C21H24FN3O3S/c22-19-7-3-1-5-17(19)9-10-23-11-13-24(14-12-23)15-16-25-21(26)18-6-2-4-8-20(18)29(25,27)28/h1-8H,9-16H2. The van der Waals surface area contributed by atoms with Gasteiger partial charge >= 0.3 is 0 Å². The van der Waals surface area contributed by atoms with Crippen LogP contribution in [-0.4, -0.2) is 74.2 Å². The molecule has 2 aromatic rings. The maximum atomic E-state index is 13.7. The molecule has 2 aliphatic rings. The summed E-state index contributed by atoms with van der Waals surface area (Å²) in [5, 5.41) is 0. The van der Waals surface area contributed by atoms with Crippen molar-refractivity contribution in [2.45, 2.75) is 11.3 Å². The Balaban J connectivity index is 1.27. The van der Waals surface area contributed by atoms with E-state index in [1.54, 1.807) is 24.3 Å². The minimum absolute atomic E-state index is 0.1000. The number of nitrogens with zero attached hydrogens (tertiary/aromatic N) is 3. The van der Waals surface area contributed by atoms with Crippen LogP contribution in [0.3, 0.4) is 0 Å². The maximum absolute atomic E-state index is 13.7. The molecule has 0 aliphatic carbocycles. The fraction of sp³-hybridized carbons (Fsp3) is 0.381. The molecule has 0 atom stereocenters. The van der Waals surface area contributed by atoms with Crippen LogP contribution in [-0.2, 0) is 16.4 Å². The van der Waals surface area contributed by atoms with E-state index in [4.69, 9.17) is 0 Å². The summed E-state index contributed by atoms with van der Waals surface area (Å²) in [7, 11) is -3.74. The second-order valence-corrected chi connectivity index (χ2v) is 9.23. The van der Waals surface area contributed by atoms with Crippen molar-refractivity contribution in [1.82, 2.24) is 14.1 Å². The third-order valence-corrected chi connectivity index (χ3v) is 7.49. The van der Waals surface area contributed by atoms with E-state index >= 15 is 0 Å². The lowest BCUT2D eigenvalue weighted by atomic mass is 10.1. The summed E-state index contributed by atoms with van der Waals surface area (Å²) >= 11 is 0. The zero-order valence-corrected chi connectivity index (χ0v) is 16.9. The van der Waals surface area contributed by atoms with Crippen molar-refractivity contribution in [3.63, 3.8) is 0 Å². The van der Waals surface area contributed by atoms with Crippen molar-refractivity contribution in [3.05, 3.63) is 65.5 Å². The van der Waals surface area contributed by atoms with E-state index < -0.39 is 15.9 Å². The van der Waals surface area contributed by atoms with Gasteiger partial charge in [-0.3, -0.25) is 9.69 Å². The molecule has 154 valence electrons. The average molecular weight is 418 g/mol. The van der Waals surface area contributed by atoms with Gasteiger partial charge in [-0.1, -0.05) is 30.3 Å². The SMILES string of the molecule is O=C1c2ccccc2S(=O)(=O)N1CCN1CCN(CCc2ccccc2F)CC1. The largest absolute Gasteiger partial charge is 0.300 e. The van der Waals surface area contributed by atoms with Gasteiger partial charge in [-0.25, -0.2) is 17.1 Å². The van der Waals surface area contributed by atoms with Crippen molar-refractivity contribution in [2.24, 2.45) is 0 Å². The van der Waals surface area contributed by atoms with Gasteiger partial charge in [-0.05, 0) is 30.2 Å². The number of hydrogen-bond acceptors (Lipinski definition) is 5. The topological polar surface area (TPSA) is 60.9 Å². The Morgan fingerprint density at radius 3 is 2.14 bits per heavy atom. The summed E-state index contributed by atoms with van der Waals surface area (Å²) < 4.78 is 40.0. The summed E-state index contributed by atoms with van der Waals surface area (Å²) in [6.07, 6.45) is 0.672. The maximum Gasteiger partial charge on any atom is 0.269 e. The molecule has 0 N–H and O–H groups in total. The number of fused-ring (bicyclic) bond motifs is 1. The molecular formula is C21H24FN3O3S. The molecular weight excluding hydrogens is 393 g/mol. The van der Waals surface area contributed by atoms with E-state index in [0.717, 1.165) is 42.6 Å². The Labute approximate surface area is 170 Å². The van der Waals surface area contributed by atoms with Gasteiger partial charge in [-0.15, -0.1) is 0 Å². The molecule has 0 unspecified atom stereocenters. The van der Waals surface area contributed by atoms with Crippen LogP contribution in [0.1, 0.15) is 15.9 Å². The lowest BCUT2D eigenvalue weighted by molar-refractivity contribution is 0.0839. The molecule has 0 radical (unpaired) electrons. The monoisotopic (exact) mass is 417 g/mol. The number of carbonyl (C=O) groups excluding carboxylic acids is 1. The Hall–Kier alpha value is -2.29. The number of hydrogen-bond donors (Lipinski definition) is 0. The minimum Gasteiger partial charge on any atom is -0.300 e. The van der Waals surface area contributed by atoms with Crippen LogP contribution in [0.4, 0.5) is 4.39 Å². The molecule has 1 saturated heterocycles. The fourth-order valence-corrected chi connectivity index (χ4v) is 5.46. The first-order valence-electron chi connectivity index (χ1n) is 9.81. The van der Waals surface area contributed by atoms with Gasteiger partial charge < -0.3 is 4.90 Å². The van der Waals surface area contributed by atoms with Crippen LogP contribution in [0.15, 0.2) is 53.4 Å². The van der Waals surface area contributed by atoms with Crippen molar-refractivity contribution in [1.29, 1.82) is 0 Å². The highest BCUT2D eigenvalue weighted by Crippen LogP contribution is 2.29. The normalized spacial score (nSPS) is 19.5. The summed E-state index contributed by atoms with van der Waals surface area (Å²) in [5.74, 6) is -0.604. The fourth-order valence-electron chi connectivity index (χ4n) is 3.90. The first kappa shape index (κ1) is 20.0. The van der Waals surface area contributed by atoms with Crippen molar-refractivity contribution < 1.29 is 17.6 Å². The number of piperazine rings is 1. The molecule has 0 saturated carbocycles. The van der Waals surface area contributed by atoms with Crippen LogP contribution in [0, 0.1) is 5.82 Å². The summed E-state index contributed by atoms with van der Waals surface area (Å²) in [6.45, 7) is 4.75. The molecule has 0 bridgehead atoms. The second kappa shape index (κ2) is 8.22. The summed E-state index contributed by atoms with van der Waals surface area (Å²) in [6, 6.07) is 13.2. The third kappa shape index (κ3) is 4.05. The quantitative estimate of drug-likeness (QED) is 0.718. The number of amides is 1. The number of halogens is 1. The Bertz CT molecular complexity index is 1000. The molecule has 8 heteroatoms. The lowest BCUT2D eigenvalue weighted by Gasteiger charge is -2.35. The van der Waals surface area contributed by atoms with Gasteiger partial charge in [0.25, 0.3) is 15.9 Å². The van der Waals surface area contributed by atoms with Gasteiger partial charge in [0.2, 0.25) is 0 Å². The van der Waals surface area contributed by atoms with Crippen LogP contribution in [0.5, 0.6) is 0 Å². The van der Waals surface area contributed by atoms with Crippen LogP contribution in [0.2, 0.25) is 0 Å². The van der Waals surface area contributed by atoms with Gasteiger partial charge in [-0.2, -0.15) is 0 Å². The number of benzene rings is 2. The highest BCUT2D eigenvalue weighted by molar-refractivity contribution is 7.90. The summed E-state index contributed by atoms with van der Waals surface area (Å²) in [4.78, 5) is 17.0. The van der Waals surface area contributed by atoms with Crippen LogP contribution >= 0.6 is 0 Å². The van der Waals surface area contributed by atoms with E-state index in [0.29, 0.717) is 13.0 Å². The molecule has 1 amide bonds. The lowest BCUT2D eigenvalue weighted by Crippen LogP contribution is -2.49. The molecule has 2 aromatic carbocycles. The number of rotatable bonds is 6. The number of carbonyl (C=O) groups is 1. The van der Waals surface area contributed by atoms with E-state index in [2.05, 4.69) is 9.80 Å². The van der Waals surface area contributed by atoms with Crippen LogP contribution in [0.25, 0.3) is 0 Å². The predicted molar refractivity (Wildman–Crippen MR) is 108 cm³/mol. The van der Waals surface area contributed by atoms with Crippen molar-refractivity contribution >= 4 is 15.9 Å². The van der Waals surface area contributed by atoms with Gasteiger partial charge in [0.05, 0.1) is 12.1 Å². The second-order valence-electron chi connectivity index (χ2n) is 7.40. The smallest absolute Gasteiger partial charge is 0.269 e. The molecule has 6 nitrogen and oxygen atoms in total. The molecule has 2 aliphatic heterocycles. The zero-order valence-electron chi connectivity index (χ0n) is 16.1. The summed E-state index contributed by atoms with van der Waals surface area (Å²) in [5.41, 5.74) is 0.984. The average Bonchev–Trinajstić information content (AvgIpc) is 2.92. The highest BCUT2D eigenvalue weighted by Gasteiger charge is 2.40.